The van der Waals surface area contributed by atoms with Gasteiger partial charge in [0.25, 0.3) is 4.96 Å². The van der Waals surface area contributed by atoms with Gasteiger partial charge in [-0.15, -0.1) is 0 Å². The summed E-state index contributed by atoms with van der Waals surface area (Å²) in [6.45, 7) is 2.96. The minimum atomic E-state index is -0.349. The molecule has 130 valence electrons. The van der Waals surface area contributed by atoms with Crippen LogP contribution >= 0.6 is 11.3 Å². The van der Waals surface area contributed by atoms with Crippen molar-refractivity contribution in [3.63, 3.8) is 0 Å². The van der Waals surface area contributed by atoms with Crippen molar-refractivity contribution in [3.8, 4) is 5.75 Å². The molecule has 1 aliphatic rings. The van der Waals surface area contributed by atoms with E-state index in [1.807, 2.05) is 29.2 Å². The molecule has 1 fully saturated rings. The Morgan fingerprint density at radius 3 is 2.48 bits per heavy atom. The summed E-state index contributed by atoms with van der Waals surface area (Å²) in [5, 5.41) is 13.3. The van der Waals surface area contributed by atoms with E-state index in [1.165, 1.54) is 11.3 Å². The first-order chi connectivity index (χ1) is 12.2. The Labute approximate surface area is 148 Å². The lowest BCUT2D eigenvalue weighted by Gasteiger charge is -2.35. The number of hydrogen-bond donors (Lipinski definition) is 0. The van der Waals surface area contributed by atoms with Crippen molar-refractivity contribution in [1.29, 1.82) is 0 Å². The van der Waals surface area contributed by atoms with Crippen LogP contribution in [0.5, 0.6) is 5.75 Å². The lowest BCUT2D eigenvalue weighted by Crippen LogP contribution is -2.46. The molecule has 8 nitrogen and oxygen atoms in total. The van der Waals surface area contributed by atoms with Crippen molar-refractivity contribution >= 4 is 33.6 Å². The molecule has 4 rings (SSSR count). The highest BCUT2D eigenvalue weighted by Gasteiger charge is 2.30. The number of nitro groups is 1. The van der Waals surface area contributed by atoms with Crippen LogP contribution < -0.4 is 14.5 Å². The van der Waals surface area contributed by atoms with Gasteiger partial charge >= 0.3 is 5.82 Å². The number of fused-ring (bicyclic) bond motifs is 1. The number of piperazine rings is 1. The van der Waals surface area contributed by atoms with Crippen molar-refractivity contribution in [2.45, 2.75) is 0 Å². The third-order valence-corrected chi connectivity index (χ3v) is 5.17. The molecule has 9 heteroatoms. The average molecular weight is 359 g/mol. The van der Waals surface area contributed by atoms with Gasteiger partial charge in [0, 0.05) is 37.2 Å². The Balaban J connectivity index is 1.52. The van der Waals surface area contributed by atoms with Crippen LogP contribution in [0, 0.1) is 10.1 Å². The highest BCUT2D eigenvalue weighted by atomic mass is 32.1. The van der Waals surface area contributed by atoms with Gasteiger partial charge in [-0.2, -0.15) is 9.38 Å². The molecule has 0 atom stereocenters. The highest BCUT2D eigenvalue weighted by molar-refractivity contribution is 7.15. The fourth-order valence-electron chi connectivity index (χ4n) is 3.11. The van der Waals surface area contributed by atoms with E-state index in [2.05, 4.69) is 9.88 Å². The second kappa shape index (κ2) is 6.25. The molecule has 0 spiro atoms. The maximum Gasteiger partial charge on any atom is 0.373 e. The molecule has 1 saturated heterocycles. The molecule has 0 radical (unpaired) electrons. The summed E-state index contributed by atoms with van der Waals surface area (Å²) in [4.78, 5) is 20.5. The summed E-state index contributed by atoms with van der Waals surface area (Å²) in [5.74, 6) is 1.34. The fourth-order valence-corrected chi connectivity index (χ4v) is 3.82. The predicted molar refractivity (Wildman–Crippen MR) is 97.1 cm³/mol. The van der Waals surface area contributed by atoms with E-state index in [1.54, 1.807) is 23.1 Å². The number of anilines is 2. The summed E-state index contributed by atoms with van der Waals surface area (Å²) in [6.07, 6.45) is 1.70. The molecule has 0 saturated carbocycles. The van der Waals surface area contributed by atoms with Gasteiger partial charge in [0.2, 0.25) is 5.82 Å². The monoisotopic (exact) mass is 359 g/mol. The number of ether oxygens (including phenoxy) is 1. The number of thiazole rings is 1. The number of benzene rings is 1. The Morgan fingerprint density at radius 1 is 1.16 bits per heavy atom. The minimum Gasteiger partial charge on any atom is -0.497 e. The van der Waals surface area contributed by atoms with E-state index in [0.717, 1.165) is 24.5 Å². The number of hydrogen-bond acceptors (Lipinski definition) is 7. The first-order valence-electron chi connectivity index (χ1n) is 7.91. The zero-order valence-electron chi connectivity index (χ0n) is 13.7. The molecule has 0 aliphatic carbocycles. The van der Waals surface area contributed by atoms with Crippen molar-refractivity contribution in [2.75, 3.05) is 43.1 Å². The Bertz CT molecular complexity index is 896. The van der Waals surface area contributed by atoms with Crippen molar-refractivity contribution in [1.82, 2.24) is 9.38 Å². The van der Waals surface area contributed by atoms with Crippen LogP contribution in [0.25, 0.3) is 4.96 Å². The summed E-state index contributed by atoms with van der Waals surface area (Å²) >= 11 is 1.40. The molecule has 2 aromatic heterocycles. The van der Waals surface area contributed by atoms with E-state index >= 15 is 0 Å². The SMILES string of the molecule is COc1ccc(N2CCN(c3nc4sccn4c3[N+](=O)[O-])CC2)cc1. The van der Waals surface area contributed by atoms with E-state index in [-0.39, 0.29) is 10.7 Å². The third kappa shape index (κ3) is 2.76. The molecule has 3 heterocycles. The number of methoxy groups -OCH3 is 1. The molecular weight excluding hydrogens is 342 g/mol. The van der Waals surface area contributed by atoms with E-state index in [0.29, 0.717) is 23.9 Å². The number of rotatable bonds is 4. The molecule has 0 unspecified atom stereocenters. The second-order valence-electron chi connectivity index (χ2n) is 5.74. The predicted octanol–water partition coefficient (Wildman–Crippen LogP) is 2.64. The summed E-state index contributed by atoms with van der Waals surface area (Å²) in [5.41, 5.74) is 1.13. The normalized spacial score (nSPS) is 14.9. The van der Waals surface area contributed by atoms with Crippen molar-refractivity contribution < 1.29 is 9.66 Å². The molecule has 1 aromatic carbocycles. The third-order valence-electron chi connectivity index (χ3n) is 4.41. The molecule has 25 heavy (non-hydrogen) atoms. The number of nitrogens with zero attached hydrogens (tertiary/aromatic N) is 5. The van der Waals surface area contributed by atoms with Crippen LogP contribution in [-0.4, -0.2) is 47.6 Å². The first-order valence-corrected chi connectivity index (χ1v) is 8.79. The topological polar surface area (TPSA) is 76.2 Å². The summed E-state index contributed by atoms with van der Waals surface area (Å²) in [7, 11) is 1.65. The summed E-state index contributed by atoms with van der Waals surface area (Å²) < 4.78 is 6.74. The van der Waals surface area contributed by atoms with Gasteiger partial charge < -0.3 is 24.7 Å². The van der Waals surface area contributed by atoms with Crippen LogP contribution in [0.15, 0.2) is 35.8 Å². The molecule has 0 N–H and O–H groups in total. The Hall–Kier alpha value is -2.81. The Kier molecular flexibility index (Phi) is 3.92. The van der Waals surface area contributed by atoms with E-state index < -0.39 is 0 Å². The van der Waals surface area contributed by atoms with Gasteiger partial charge in [0.15, 0.2) is 0 Å². The van der Waals surface area contributed by atoms with Gasteiger partial charge in [-0.1, -0.05) is 11.3 Å². The fraction of sp³-hybridized carbons (Fsp3) is 0.312. The lowest BCUT2D eigenvalue weighted by molar-refractivity contribution is -0.389. The quantitative estimate of drug-likeness (QED) is 0.526. The zero-order chi connectivity index (χ0) is 17.4. The zero-order valence-corrected chi connectivity index (χ0v) is 14.5. The van der Waals surface area contributed by atoms with Gasteiger partial charge in [0.05, 0.1) is 7.11 Å². The van der Waals surface area contributed by atoms with Gasteiger partial charge in [0.1, 0.15) is 11.9 Å². The van der Waals surface area contributed by atoms with Crippen molar-refractivity contribution in [3.05, 3.63) is 46.0 Å². The maximum absolute atomic E-state index is 11.5. The minimum absolute atomic E-state index is 0.0501. The van der Waals surface area contributed by atoms with Gasteiger partial charge in [-0.25, -0.2) is 0 Å². The van der Waals surface area contributed by atoms with Crippen LogP contribution in [0.4, 0.5) is 17.3 Å². The van der Waals surface area contributed by atoms with E-state index in [9.17, 15) is 10.1 Å². The molecule has 1 aliphatic heterocycles. The Morgan fingerprint density at radius 2 is 1.84 bits per heavy atom. The average Bonchev–Trinajstić information content (AvgIpc) is 3.22. The van der Waals surface area contributed by atoms with Crippen LogP contribution in [0.2, 0.25) is 0 Å². The van der Waals surface area contributed by atoms with Crippen LogP contribution in [0.1, 0.15) is 0 Å². The van der Waals surface area contributed by atoms with Gasteiger partial charge in [-0.05, 0) is 29.2 Å². The standard InChI is InChI=1S/C16H17N5O3S/c1-24-13-4-2-12(3-5-13)18-6-8-19(9-7-18)14-15(21(22)23)20-10-11-25-16(20)17-14/h2-5,10-11H,6-9H2,1H3. The first kappa shape index (κ1) is 15.7. The van der Waals surface area contributed by atoms with Crippen LogP contribution in [0.3, 0.4) is 0 Å². The molecule has 0 bridgehead atoms. The van der Waals surface area contributed by atoms with E-state index in [4.69, 9.17) is 4.74 Å². The smallest absolute Gasteiger partial charge is 0.373 e. The molecule has 3 aromatic rings. The largest absolute Gasteiger partial charge is 0.497 e. The van der Waals surface area contributed by atoms with Crippen molar-refractivity contribution in [2.24, 2.45) is 0 Å². The van der Waals surface area contributed by atoms with Crippen LogP contribution in [-0.2, 0) is 0 Å². The maximum atomic E-state index is 11.5. The molecule has 0 amide bonds. The number of aromatic nitrogens is 2. The summed E-state index contributed by atoms with van der Waals surface area (Å²) in [6, 6.07) is 7.94. The highest BCUT2D eigenvalue weighted by Crippen LogP contribution is 2.32. The van der Waals surface area contributed by atoms with Gasteiger partial charge in [-0.3, -0.25) is 0 Å². The second-order valence-corrected chi connectivity index (χ2v) is 6.62. The number of imidazole rings is 1. The molecular formula is C16H17N5O3S. The lowest BCUT2D eigenvalue weighted by atomic mass is 10.2.